The van der Waals surface area contributed by atoms with Crippen molar-refractivity contribution in [3.63, 3.8) is 0 Å². The Bertz CT molecular complexity index is 1650. The molecule has 3 aromatic heterocycles. The molecule has 1 fully saturated rings. The van der Waals surface area contributed by atoms with Crippen molar-refractivity contribution in [2.24, 2.45) is 7.05 Å². The fourth-order valence-corrected chi connectivity index (χ4v) is 5.88. The highest BCUT2D eigenvalue weighted by atomic mass is 32.1. The minimum atomic E-state index is -0.577. The number of nitrogens with zero attached hydrogens (tertiary/aromatic N) is 3. The summed E-state index contributed by atoms with van der Waals surface area (Å²) >= 11 is 1.41. The quantitative estimate of drug-likeness (QED) is 0.264. The zero-order valence-corrected chi connectivity index (χ0v) is 21.7. The summed E-state index contributed by atoms with van der Waals surface area (Å²) in [6.45, 7) is 0. The van der Waals surface area contributed by atoms with Gasteiger partial charge in [0.15, 0.2) is 11.6 Å². The number of pyridine rings is 1. The molecule has 9 heteroatoms. The van der Waals surface area contributed by atoms with E-state index < -0.39 is 11.9 Å². The summed E-state index contributed by atoms with van der Waals surface area (Å²) in [6.07, 6.45) is 5.68. The number of thiophene rings is 1. The Kier molecular flexibility index (Phi) is 6.55. The smallest absolute Gasteiger partial charge is 0.270 e. The molecule has 2 aromatic carbocycles. The Morgan fingerprint density at radius 2 is 1.97 bits per heavy atom. The molecule has 38 heavy (non-hydrogen) atoms. The number of hydrogen-bond acceptors (Lipinski definition) is 6. The van der Waals surface area contributed by atoms with Gasteiger partial charge in [-0.05, 0) is 53.6 Å². The van der Waals surface area contributed by atoms with Gasteiger partial charge in [-0.1, -0.05) is 37.5 Å². The molecule has 0 bridgehead atoms. The van der Waals surface area contributed by atoms with Crippen molar-refractivity contribution in [2.75, 3.05) is 0 Å². The van der Waals surface area contributed by atoms with Crippen LogP contribution in [0.15, 0.2) is 60.1 Å². The fourth-order valence-electron chi connectivity index (χ4n) is 5.10. The maximum absolute atomic E-state index is 15.3. The number of carbonyl (C=O) groups excluding carboxylic acids is 1. The highest BCUT2D eigenvalue weighted by Gasteiger charge is 2.25. The van der Waals surface area contributed by atoms with Crippen molar-refractivity contribution in [2.45, 2.75) is 44.2 Å². The molecule has 2 atom stereocenters. The molecule has 1 aliphatic carbocycles. The summed E-state index contributed by atoms with van der Waals surface area (Å²) < 4.78 is 23.8. The predicted octanol–water partition coefficient (Wildman–Crippen LogP) is 6.20. The van der Waals surface area contributed by atoms with Crippen LogP contribution in [0.5, 0.6) is 11.5 Å². The molecule has 0 saturated heterocycles. The van der Waals surface area contributed by atoms with Crippen molar-refractivity contribution < 1.29 is 19.0 Å². The number of nitrogens with one attached hydrogen (secondary N) is 1. The van der Waals surface area contributed by atoms with Gasteiger partial charge < -0.3 is 15.2 Å². The highest BCUT2D eigenvalue weighted by Crippen LogP contribution is 2.37. The van der Waals surface area contributed by atoms with Crippen LogP contribution in [0.1, 0.15) is 42.6 Å². The summed E-state index contributed by atoms with van der Waals surface area (Å²) in [6, 6.07) is 13.7. The van der Waals surface area contributed by atoms with Crippen molar-refractivity contribution in [3.8, 4) is 22.6 Å². The third-order valence-corrected chi connectivity index (χ3v) is 7.95. The summed E-state index contributed by atoms with van der Waals surface area (Å²) in [5, 5.41) is 20.6. The second-order valence-electron chi connectivity index (χ2n) is 9.71. The lowest BCUT2D eigenvalue weighted by Crippen LogP contribution is -2.42. The molecule has 2 N–H and O–H groups in total. The number of aromatic nitrogens is 3. The van der Waals surface area contributed by atoms with Crippen LogP contribution in [0.25, 0.3) is 32.2 Å². The Hall–Kier alpha value is -3.82. The number of hydrogen-bond donors (Lipinski definition) is 2. The number of fused-ring (bicyclic) bond motifs is 2. The van der Waals surface area contributed by atoms with Crippen LogP contribution in [0, 0.1) is 5.82 Å². The molecular formula is C29H27FN4O3S. The molecule has 6 rings (SSSR count). The Balaban J connectivity index is 1.29. The van der Waals surface area contributed by atoms with Gasteiger partial charge in [-0.3, -0.25) is 9.48 Å². The number of rotatable bonds is 5. The number of aliphatic hydroxyl groups excluding tert-OH is 1. The van der Waals surface area contributed by atoms with Crippen molar-refractivity contribution in [1.82, 2.24) is 20.1 Å². The van der Waals surface area contributed by atoms with E-state index in [1.54, 1.807) is 22.9 Å². The second kappa shape index (κ2) is 10.2. The molecular weight excluding hydrogens is 503 g/mol. The number of ether oxygens (including phenoxy) is 1. The van der Waals surface area contributed by atoms with E-state index in [1.807, 2.05) is 42.9 Å². The Labute approximate surface area is 222 Å². The maximum Gasteiger partial charge on any atom is 0.270 e. The first-order valence-electron chi connectivity index (χ1n) is 12.7. The summed E-state index contributed by atoms with van der Waals surface area (Å²) in [5.41, 5.74) is 3.20. The third-order valence-electron chi connectivity index (χ3n) is 7.03. The van der Waals surface area contributed by atoms with Crippen LogP contribution >= 0.6 is 11.3 Å². The molecule has 1 aliphatic rings. The number of carbonyl (C=O) groups is 1. The van der Waals surface area contributed by atoms with E-state index >= 15 is 4.39 Å². The van der Waals surface area contributed by atoms with Crippen LogP contribution in [0.3, 0.4) is 0 Å². The minimum Gasteiger partial charge on any atom is -0.453 e. The molecule has 0 spiro atoms. The standard InChI is InChI=1S/C29H27FN4O3S/c1-34-16-19-18(6-5-8-21(19)33-34)17-10-11-26(20(30)14-17)37-27-15-24(31-23-12-13-38-28(23)27)29(36)32-22-7-3-2-4-9-25(22)35/h5-6,8,10-16,22,25,35H,2-4,7,9H2,1H3,(H,32,36)/t22-,25-/m0/s1. The van der Waals surface area contributed by atoms with E-state index in [2.05, 4.69) is 15.4 Å². The van der Waals surface area contributed by atoms with E-state index in [0.717, 1.165) is 46.8 Å². The number of aliphatic hydroxyl groups is 1. The van der Waals surface area contributed by atoms with Gasteiger partial charge in [0.2, 0.25) is 0 Å². The molecule has 5 aromatic rings. The topological polar surface area (TPSA) is 89.3 Å². The zero-order chi connectivity index (χ0) is 26.2. The zero-order valence-electron chi connectivity index (χ0n) is 20.9. The van der Waals surface area contributed by atoms with Gasteiger partial charge in [-0.15, -0.1) is 11.3 Å². The second-order valence-corrected chi connectivity index (χ2v) is 10.6. The molecule has 0 aliphatic heterocycles. The third kappa shape index (κ3) is 4.75. The van der Waals surface area contributed by atoms with Crippen LogP contribution in [-0.2, 0) is 7.05 Å². The average Bonchev–Trinajstić information content (AvgIpc) is 3.48. The first-order chi connectivity index (χ1) is 18.5. The van der Waals surface area contributed by atoms with E-state index in [1.165, 1.54) is 17.4 Å². The predicted molar refractivity (Wildman–Crippen MR) is 146 cm³/mol. The lowest BCUT2D eigenvalue weighted by molar-refractivity contribution is 0.0814. The summed E-state index contributed by atoms with van der Waals surface area (Å²) in [5.74, 6) is -0.483. The summed E-state index contributed by atoms with van der Waals surface area (Å²) in [7, 11) is 1.86. The van der Waals surface area contributed by atoms with Gasteiger partial charge in [-0.2, -0.15) is 5.10 Å². The molecule has 1 saturated carbocycles. The molecule has 3 heterocycles. The molecule has 1 amide bonds. The van der Waals surface area contributed by atoms with Crippen LogP contribution in [0.2, 0.25) is 0 Å². The van der Waals surface area contributed by atoms with Gasteiger partial charge >= 0.3 is 0 Å². The largest absolute Gasteiger partial charge is 0.453 e. The van der Waals surface area contributed by atoms with Gasteiger partial charge in [0.25, 0.3) is 5.91 Å². The van der Waals surface area contributed by atoms with Crippen LogP contribution in [-0.4, -0.2) is 37.9 Å². The SMILES string of the molecule is Cn1cc2c(-c3ccc(Oc4cc(C(=O)N[C@H]5CCCCC[C@@H]5O)nc5ccsc45)c(F)c3)cccc2n1. The lowest BCUT2D eigenvalue weighted by Gasteiger charge is -2.21. The van der Waals surface area contributed by atoms with Crippen molar-refractivity contribution >= 4 is 38.4 Å². The highest BCUT2D eigenvalue weighted by molar-refractivity contribution is 7.17. The van der Waals surface area contributed by atoms with Gasteiger partial charge in [0.1, 0.15) is 11.4 Å². The minimum absolute atomic E-state index is 0.0542. The summed E-state index contributed by atoms with van der Waals surface area (Å²) in [4.78, 5) is 17.6. The number of amides is 1. The van der Waals surface area contributed by atoms with E-state index in [9.17, 15) is 9.90 Å². The van der Waals surface area contributed by atoms with E-state index in [-0.39, 0.29) is 23.4 Å². The Morgan fingerprint density at radius 3 is 2.84 bits per heavy atom. The first kappa shape index (κ1) is 24.5. The van der Waals surface area contributed by atoms with E-state index in [0.29, 0.717) is 23.3 Å². The van der Waals surface area contributed by atoms with Crippen molar-refractivity contribution in [1.29, 1.82) is 0 Å². The Morgan fingerprint density at radius 1 is 1.11 bits per heavy atom. The van der Waals surface area contributed by atoms with Crippen LogP contribution < -0.4 is 10.1 Å². The first-order valence-corrected chi connectivity index (χ1v) is 13.6. The normalized spacial score (nSPS) is 18.0. The number of aryl methyl sites for hydroxylation is 1. The molecule has 194 valence electrons. The van der Waals surface area contributed by atoms with Gasteiger partial charge in [0, 0.05) is 24.7 Å². The fraction of sp³-hybridized carbons (Fsp3) is 0.276. The monoisotopic (exact) mass is 530 g/mol. The molecule has 0 unspecified atom stereocenters. The maximum atomic E-state index is 15.3. The van der Waals surface area contributed by atoms with Gasteiger partial charge in [-0.25, -0.2) is 9.37 Å². The molecule has 7 nitrogen and oxygen atoms in total. The van der Waals surface area contributed by atoms with E-state index in [4.69, 9.17) is 4.74 Å². The molecule has 0 radical (unpaired) electrons. The average molecular weight is 531 g/mol. The lowest BCUT2D eigenvalue weighted by atomic mass is 10.0. The number of benzene rings is 2. The van der Waals surface area contributed by atoms with Crippen LogP contribution in [0.4, 0.5) is 4.39 Å². The number of halogens is 1. The van der Waals surface area contributed by atoms with Crippen molar-refractivity contribution in [3.05, 3.63) is 71.6 Å². The van der Waals surface area contributed by atoms with Gasteiger partial charge in [0.05, 0.1) is 27.9 Å².